The van der Waals surface area contributed by atoms with E-state index in [1.807, 2.05) is 0 Å². The molecule has 0 saturated heterocycles. The van der Waals surface area contributed by atoms with E-state index in [0.717, 1.165) is 5.56 Å². The second kappa shape index (κ2) is 9.06. The Bertz CT molecular complexity index is 825. The zero-order valence-electron chi connectivity index (χ0n) is 14.5. The summed E-state index contributed by atoms with van der Waals surface area (Å²) in [5, 5.41) is 9.86. The first kappa shape index (κ1) is 19.5. The predicted molar refractivity (Wildman–Crippen MR) is 99.8 cm³/mol. The van der Waals surface area contributed by atoms with E-state index < -0.39 is 0 Å². The average Bonchev–Trinajstić information content (AvgIpc) is 2.63. The molecule has 26 heavy (non-hydrogen) atoms. The minimum absolute atomic E-state index is 0.139. The largest absolute Gasteiger partial charge is 0.503 e. The molecular weight excluding hydrogens is 356 g/mol. The number of carbonyl (C=O) groups is 2. The van der Waals surface area contributed by atoms with Gasteiger partial charge in [-0.25, -0.2) is 0 Å². The van der Waals surface area contributed by atoms with Crippen LogP contribution in [-0.2, 0) is 16.0 Å². The molecule has 0 unspecified atom stereocenters. The molecule has 0 radical (unpaired) electrons. The first-order chi connectivity index (χ1) is 12.4. The number of phenols is 1. The zero-order valence-corrected chi connectivity index (χ0v) is 15.2. The van der Waals surface area contributed by atoms with Gasteiger partial charge in [0.15, 0.2) is 17.3 Å². The quantitative estimate of drug-likeness (QED) is 0.449. The molecule has 2 aromatic rings. The second-order valence-electron chi connectivity index (χ2n) is 5.43. The van der Waals surface area contributed by atoms with Crippen molar-refractivity contribution in [1.82, 2.24) is 0 Å². The molecule has 0 aromatic heterocycles. The molecule has 0 aliphatic rings. The monoisotopic (exact) mass is 374 g/mol. The van der Waals surface area contributed by atoms with E-state index in [4.69, 9.17) is 21.1 Å². The van der Waals surface area contributed by atoms with Crippen molar-refractivity contribution in [1.29, 1.82) is 0 Å². The highest BCUT2D eigenvalue weighted by atomic mass is 35.5. The number of carbonyl (C=O) groups excluding carboxylic acids is 2. The Hall–Kier alpha value is -2.79. The zero-order chi connectivity index (χ0) is 19.1. The maximum Gasteiger partial charge on any atom is 0.310 e. The number of allylic oxidation sites excluding steroid dienone is 1. The summed E-state index contributed by atoms with van der Waals surface area (Å²) in [4.78, 5) is 23.7. The lowest BCUT2D eigenvalue weighted by Gasteiger charge is -2.06. The summed E-state index contributed by atoms with van der Waals surface area (Å²) >= 11 is 5.92. The third-order valence-corrected chi connectivity index (χ3v) is 3.88. The summed E-state index contributed by atoms with van der Waals surface area (Å²) < 4.78 is 9.92. The highest BCUT2D eigenvalue weighted by Crippen LogP contribution is 2.35. The molecule has 2 aromatic carbocycles. The van der Waals surface area contributed by atoms with Gasteiger partial charge in [-0.2, -0.15) is 0 Å². The normalized spacial score (nSPS) is 10.7. The SMILES string of the molecule is CCOC(=O)Cc1ccc(C(=O)/C=C/c2cc(Cl)c(O)c(OC)c2)cc1. The predicted octanol–water partition coefficient (Wildman–Crippen LogP) is 4.06. The van der Waals surface area contributed by atoms with Gasteiger partial charge in [-0.05, 0) is 36.3 Å². The van der Waals surface area contributed by atoms with Crippen LogP contribution in [0, 0.1) is 0 Å². The third-order valence-electron chi connectivity index (χ3n) is 3.59. The van der Waals surface area contributed by atoms with E-state index in [9.17, 15) is 14.7 Å². The van der Waals surface area contributed by atoms with E-state index in [1.54, 1.807) is 43.3 Å². The Balaban J connectivity index is 2.09. The molecule has 0 atom stereocenters. The van der Waals surface area contributed by atoms with Crippen LogP contribution in [0.2, 0.25) is 5.02 Å². The summed E-state index contributed by atoms with van der Waals surface area (Å²) in [6.07, 6.45) is 3.16. The number of aromatic hydroxyl groups is 1. The molecule has 0 bridgehead atoms. The van der Waals surface area contributed by atoms with Crippen molar-refractivity contribution >= 4 is 29.4 Å². The van der Waals surface area contributed by atoms with Crippen molar-refractivity contribution in [3.63, 3.8) is 0 Å². The van der Waals surface area contributed by atoms with Crippen LogP contribution < -0.4 is 4.74 Å². The molecule has 2 rings (SSSR count). The summed E-state index contributed by atoms with van der Waals surface area (Å²) in [5.41, 5.74) is 1.89. The fraction of sp³-hybridized carbons (Fsp3) is 0.200. The molecule has 0 saturated carbocycles. The van der Waals surface area contributed by atoms with E-state index >= 15 is 0 Å². The topological polar surface area (TPSA) is 72.8 Å². The minimum atomic E-state index is -0.301. The van der Waals surface area contributed by atoms with E-state index in [1.165, 1.54) is 19.3 Å². The molecule has 6 heteroatoms. The number of hydrogen-bond donors (Lipinski definition) is 1. The Morgan fingerprint density at radius 3 is 2.50 bits per heavy atom. The van der Waals surface area contributed by atoms with Crippen LogP contribution in [-0.4, -0.2) is 30.6 Å². The number of hydrogen-bond acceptors (Lipinski definition) is 5. The Morgan fingerprint density at radius 1 is 1.19 bits per heavy atom. The van der Waals surface area contributed by atoms with Crippen LogP contribution in [0.25, 0.3) is 6.08 Å². The Morgan fingerprint density at radius 2 is 1.88 bits per heavy atom. The molecule has 136 valence electrons. The molecule has 0 heterocycles. The Labute approximate surface area is 156 Å². The van der Waals surface area contributed by atoms with E-state index in [2.05, 4.69) is 0 Å². The summed E-state index contributed by atoms with van der Waals surface area (Å²) in [5.74, 6) is -0.414. The maximum absolute atomic E-state index is 12.3. The number of methoxy groups -OCH3 is 1. The number of rotatable bonds is 7. The fourth-order valence-corrected chi connectivity index (χ4v) is 2.50. The number of ether oxygens (including phenoxy) is 2. The van der Waals surface area contributed by atoms with Gasteiger partial charge in [0.1, 0.15) is 0 Å². The van der Waals surface area contributed by atoms with Gasteiger partial charge in [0, 0.05) is 5.56 Å². The van der Waals surface area contributed by atoms with Gasteiger partial charge in [0.05, 0.1) is 25.2 Å². The molecule has 0 aliphatic carbocycles. The third kappa shape index (κ3) is 5.10. The van der Waals surface area contributed by atoms with E-state index in [-0.39, 0.29) is 34.7 Å². The van der Waals surface area contributed by atoms with Crippen molar-refractivity contribution in [2.24, 2.45) is 0 Å². The van der Waals surface area contributed by atoms with E-state index in [0.29, 0.717) is 17.7 Å². The van der Waals surface area contributed by atoms with Gasteiger partial charge in [0.25, 0.3) is 0 Å². The summed E-state index contributed by atoms with van der Waals surface area (Å²) in [6, 6.07) is 9.87. The van der Waals surface area contributed by atoms with Gasteiger partial charge in [-0.15, -0.1) is 0 Å². The van der Waals surface area contributed by atoms with Crippen molar-refractivity contribution < 1.29 is 24.2 Å². The maximum atomic E-state index is 12.3. The average molecular weight is 375 g/mol. The molecular formula is C20H19ClO5. The number of esters is 1. The van der Waals surface area contributed by atoms with Crippen LogP contribution in [0.3, 0.4) is 0 Å². The van der Waals surface area contributed by atoms with Crippen molar-refractivity contribution in [2.75, 3.05) is 13.7 Å². The van der Waals surface area contributed by atoms with Crippen LogP contribution >= 0.6 is 11.6 Å². The summed E-state index contributed by atoms with van der Waals surface area (Å²) in [7, 11) is 1.42. The van der Waals surface area contributed by atoms with Crippen LogP contribution in [0.4, 0.5) is 0 Å². The number of ketones is 1. The van der Waals surface area contributed by atoms with Gasteiger partial charge >= 0.3 is 5.97 Å². The van der Waals surface area contributed by atoms with Crippen molar-refractivity contribution in [3.8, 4) is 11.5 Å². The molecule has 0 fully saturated rings. The van der Waals surface area contributed by atoms with Gasteiger partial charge in [-0.3, -0.25) is 9.59 Å². The molecule has 0 amide bonds. The lowest BCUT2D eigenvalue weighted by Crippen LogP contribution is -2.07. The Kier molecular flexibility index (Phi) is 6.81. The van der Waals surface area contributed by atoms with Crippen LogP contribution in [0.15, 0.2) is 42.5 Å². The van der Waals surface area contributed by atoms with Gasteiger partial charge in [0.2, 0.25) is 0 Å². The van der Waals surface area contributed by atoms with Crippen molar-refractivity contribution in [2.45, 2.75) is 13.3 Å². The van der Waals surface area contributed by atoms with Gasteiger partial charge in [-0.1, -0.05) is 41.9 Å². The van der Waals surface area contributed by atoms with Crippen LogP contribution in [0.5, 0.6) is 11.5 Å². The van der Waals surface area contributed by atoms with Gasteiger partial charge < -0.3 is 14.6 Å². The molecule has 0 aliphatic heterocycles. The lowest BCUT2D eigenvalue weighted by atomic mass is 10.1. The highest BCUT2D eigenvalue weighted by molar-refractivity contribution is 6.32. The minimum Gasteiger partial charge on any atom is -0.503 e. The van der Waals surface area contributed by atoms with Crippen LogP contribution in [0.1, 0.15) is 28.4 Å². The smallest absolute Gasteiger partial charge is 0.310 e. The molecule has 5 nitrogen and oxygen atoms in total. The first-order valence-electron chi connectivity index (χ1n) is 7.98. The van der Waals surface area contributed by atoms with Crippen molar-refractivity contribution in [3.05, 3.63) is 64.2 Å². The number of benzene rings is 2. The standard InChI is InChI=1S/C20H19ClO5/c1-3-26-19(23)12-13-4-7-15(8-5-13)17(22)9-6-14-10-16(21)20(24)18(11-14)25-2/h4-11,24H,3,12H2,1-2H3/b9-6+. The fourth-order valence-electron chi connectivity index (χ4n) is 2.28. The number of halogens is 1. The molecule has 1 N–H and O–H groups in total. The summed E-state index contributed by atoms with van der Waals surface area (Å²) in [6.45, 7) is 2.09. The number of phenolic OH excluding ortho intramolecular Hbond substituents is 1. The highest BCUT2D eigenvalue weighted by Gasteiger charge is 2.09. The molecule has 0 spiro atoms. The lowest BCUT2D eigenvalue weighted by molar-refractivity contribution is -0.142. The first-order valence-corrected chi connectivity index (χ1v) is 8.35. The second-order valence-corrected chi connectivity index (χ2v) is 5.84.